The Kier molecular flexibility index (Phi) is 4.44. The zero-order chi connectivity index (χ0) is 22.1. The van der Waals surface area contributed by atoms with E-state index in [0.29, 0.717) is 11.5 Å². The molecule has 3 aromatic rings. The van der Waals surface area contributed by atoms with E-state index < -0.39 is 35.5 Å². The van der Waals surface area contributed by atoms with Gasteiger partial charge in [0.1, 0.15) is 11.3 Å². The lowest BCUT2D eigenvalue weighted by Crippen LogP contribution is -2.34. The van der Waals surface area contributed by atoms with Gasteiger partial charge in [-0.1, -0.05) is 17.7 Å². The lowest BCUT2D eigenvalue weighted by atomic mass is 10.1. The molecular formula is C21H18ClF3N4O2. The zero-order valence-electron chi connectivity index (χ0n) is 16.4. The summed E-state index contributed by atoms with van der Waals surface area (Å²) in [6.45, 7) is 1.86. The number of rotatable bonds is 5. The second-order valence-electron chi connectivity index (χ2n) is 8.30. The topological polar surface area (TPSA) is 79.3 Å². The van der Waals surface area contributed by atoms with Gasteiger partial charge in [-0.05, 0) is 37.8 Å². The summed E-state index contributed by atoms with van der Waals surface area (Å²) < 4.78 is 42.9. The third-order valence-corrected chi connectivity index (χ3v) is 6.28. The number of alkyl halides is 2. The van der Waals surface area contributed by atoms with Gasteiger partial charge in [0, 0.05) is 23.6 Å². The van der Waals surface area contributed by atoms with Crippen LogP contribution < -0.4 is 10.9 Å². The van der Waals surface area contributed by atoms with Crippen LogP contribution >= 0.6 is 11.6 Å². The molecule has 0 aliphatic heterocycles. The molecule has 2 N–H and O–H groups in total. The van der Waals surface area contributed by atoms with Crippen molar-refractivity contribution < 1.29 is 18.0 Å². The summed E-state index contributed by atoms with van der Waals surface area (Å²) in [5.74, 6) is -5.14. The number of nitrogens with one attached hydrogen (secondary N) is 2. The number of nitrogens with zero attached hydrogens (tertiary/aromatic N) is 2. The fourth-order valence-electron chi connectivity index (χ4n) is 3.93. The van der Waals surface area contributed by atoms with Crippen LogP contribution in [0.15, 0.2) is 29.2 Å². The molecule has 0 saturated heterocycles. The fourth-order valence-corrected chi connectivity index (χ4v) is 4.04. The number of benzene rings is 1. The van der Waals surface area contributed by atoms with E-state index in [1.807, 2.05) is 6.92 Å². The number of carbonyl (C=O) groups is 1. The van der Waals surface area contributed by atoms with E-state index in [0.717, 1.165) is 23.4 Å². The molecule has 2 atom stereocenters. The number of hydrogen-bond acceptors (Lipinski definition) is 3. The Hall–Kier alpha value is -2.81. The molecule has 1 aromatic carbocycles. The third kappa shape index (κ3) is 3.50. The molecule has 2 aromatic heterocycles. The highest BCUT2D eigenvalue weighted by Crippen LogP contribution is 2.57. The highest BCUT2D eigenvalue weighted by Gasteiger charge is 2.60. The highest BCUT2D eigenvalue weighted by atomic mass is 35.5. The molecule has 2 aliphatic carbocycles. The smallest absolute Gasteiger partial charge is 0.274 e. The minimum absolute atomic E-state index is 0.0550. The van der Waals surface area contributed by atoms with Crippen molar-refractivity contribution in [3.63, 3.8) is 0 Å². The van der Waals surface area contributed by atoms with E-state index in [2.05, 4.69) is 15.4 Å². The minimum Gasteiger partial charge on any atom is -0.348 e. The van der Waals surface area contributed by atoms with E-state index in [1.165, 1.54) is 18.3 Å². The van der Waals surface area contributed by atoms with Crippen LogP contribution in [-0.2, 0) is 0 Å². The van der Waals surface area contributed by atoms with Crippen LogP contribution in [0.2, 0.25) is 5.02 Å². The maximum atomic E-state index is 14.0. The van der Waals surface area contributed by atoms with Gasteiger partial charge in [0.15, 0.2) is 5.69 Å². The van der Waals surface area contributed by atoms with E-state index in [4.69, 9.17) is 11.6 Å². The number of hydrogen-bond donors (Lipinski definition) is 2. The number of carbonyl (C=O) groups excluding carboxylic acids is 1. The number of aromatic nitrogens is 3. The van der Waals surface area contributed by atoms with Crippen molar-refractivity contribution in [2.24, 2.45) is 5.92 Å². The van der Waals surface area contributed by atoms with Crippen molar-refractivity contribution in [3.05, 3.63) is 56.8 Å². The summed E-state index contributed by atoms with van der Waals surface area (Å²) in [5.41, 5.74) is -0.497. The predicted molar refractivity (Wildman–Crippen MR) is 108 cm³/mol. The van der Waals surface area contributed by atoms with Crippen LogP contribution in [0.4, 0.5) is 13.2 Å². The Bertz CT molecular complexity index is 1280. The van der Waals surface area contributed by atoms with Crippen LogP contribution in [0.3, 0.4) is 0 Å². The van der Waals surface area contributed by atoms with Crippen molar-refractivity contribution >= 4 is 23.0 Å². The van der Waals surface area contributed by atoms with Gasteiger partial charge in [-0.3, -0.25) is 9.59 Å². The van der Waals surface area contributed by atoms with Crippen LogP contribution in [0.1, 0.15) is 48.2 Å². The first kappa shape index (κ1) is 20.1. The van der Waals surface area contributed by atoms with Gasteiger partial charge in [-0.15, -0.1) is 0 Å². The standard InChI is InChI=1S/C21H18ClF3N4O2/c1-9(10-2-3-10)26-19(30)17-16(12-7-21(12,24)25)18-20(31)27-15(8-29(18)28-17)11-4-5-13(22)14(23)6-11/h4-6,8-10,12H,2-3,7H2,1H3,(H,26,30)(H,27,31)/t9-,12?/m0/s1. The molecule has 162 valence electrons. The van der Waals surface area contributed by atoms with E-state index in [-0.39, 0.29) is 33.5 Å². The summed E-state index contributed by atoms with van der Waals surface area (Å²) in [4.78, 5) is 28.3. The van der Waals surface area contributed by atoms with Crippen LogP contribution in [0, 0.1) is 11.7 Å². The van der Waals surface area contributed by atoms with Crippen LogP contribution in [0.25, 0.3) is 16.8 Å². The summed E-state index contributed by atoms with van der Waals surface area (Å²) in [7, 11) is 0. The summed E-state index contributed by atoms with van der Waals surface area (Å²) >= 11 is 5.71. The molecule has 5 rings (SSSR count). The molecule has 2 saturated carbocycles. The van der Waals surface area contributed by atoms with Gasteiger partial charge in [0.25, 0.3) is 17.4 Å². The van der Waals surface area contributed by atoms with E-state index in [1.54, 1.807) is 0 Å². The molecule has 2 aliphatic rings. The SMILES string of the molecule is C[C@H](NC(=O)c1nn2cc(-c3ccc(Cl)c(F)c3)[nH]c(=O)c2c1C1CC1(F)F)C1CC1. The molecule has 2 fully saturated rings. The Labute approximate surface area is 179 Å². The second-order valence-corrected chi connectivity index (χ2v) is 8.71. The molecule has 0 spiro atoms. The number of fused-ring (bicyclic) bond motifs is 1. The van der Waals surface area contributed by atoms with E-state index >= 15 is 0 Å². The predicted octanol–water partition coefficient (Wildman–Crippen LogP) is 4.13. The van der Waals surface area contributed by atoms with Gasteiger partial charge in [0.2, 0.25) is 0 Å². The Morgan fingerprint density at radius 3 is 2.71 bits per heavy atom. The quantitative estimate of drug-likeness (QED) is 0.613. The van der Waals surface area contributed by atoms with Crippen LogP contribution in [-0.4, -0.2) is 32.5 Å². The van der Waals surface area contributed by atoms with Crippen molar-refractivity contribution in [1.82, 2.24) is 19.9 Å². The first-order valence-corrected chi connectivity index (χ1v) is 10.3. The molecule has 2 heterocycles. The molecule has 6 nitrogen and oxygen atoms in total. The summed E-state index contributed by atoms with van der Waals surface area (Å²) in [5, 5.41) is 6.93. The van der Waals surface area contributed by atoms with Crippen LogP contribution in [0.5, 0.6) is 0 Å². The highest BCUT2D eigenvalue weighted by molar-refractivity contribution is 6.30. The monoisotopic (exact) mass is 450 g/mol. The van der Waals surface area contributed by atoms with Gasteiger partial charge in [-0.25, -0.2) is 17.7 Å². The average Bonchev–Trinajstić information content (AvgIpc) is 3.61. The lowest BCUT2D eigenvalue weighted by Gasteiger charge is -2.12. The maximum absolute atomic E-state index is 14.0. The number of amides is 1. The first-order chi connectivity index (χ1) is 14.7. The molecular weight excluding hydrogens is 433 g/mol. The molecule has 1 amide bonds. The molecule has 31 heavy (non-hydrogen) atoms. The fraction of sp³-hybridized carbons (Fsp3) is 0.381. The van der Waals surface area contributed by atoms with Gasteiger partial charge in [-0.2, -0.15) is 5.10 Å². The zero-order valence-corrected chi connectivity index (χ0v) is 17.1. The van der Waals surface area contributed by atoms with Gasteiger partial charge < -0.3 is 10.3 Å². The Morgan fingerprint density at radius 1 is 1.39 bits per heavy atom. The summed E-state index contributed by atoms with van der Waals surface area (Å²) in [6.07, 6.45) is 2.93. The number of aromatic amines is 1. The first-order valence-electron chi connectivity index (χ1n) is 9.95. The minimum atomic E-state index is -2.99. The molecule has 10 heteroatoms. The van der Waals surface area contributed by atoms with Crippen molar-refractivity contribution in [1.29, 1.82) is 0 Å². The van der Waals surface area contributed by atoms with Crippen molar-refractivity contribution in [3.8, 4) is 11.3 Å². The third-order valence-electron chi connectivity index (χ3n) is 5.97. The second kappa shape index (κ2) is 6.85. The number of halogens is 4. The molecule has 0 bridgehead atoms. The average molecular weight is 451 g/mol. The maximum Gasteiger partial charge on any atom is 0.274 e. The number of H-pyrrole nitrogens is 1. The van der Waals surface area contributed by atoms with Crippen molar-refractivity contribution in [2.45, 2.75) is 44.1 Å². The Morgan fingerprint density at radius 2 is 2.10 bits per heavy atom. The molecule has 1 unspecified atom stereocenters. The van der Waals surface area contributed by atoms with E-state index in [9.17, 15) is 22.8 Å². The van der Waals surface area contributed by atoms with Gasteiger partial charge >= 0.3 is 0 Å². The van der Waals surface area contributed by atoms with Gasteiger partial charge in [0.05, 0.1) is 22.8 Å². The lowest BCUT2D eigenvalue weighted by molar-refractivity contribution is 0.0927. The molecule has 0 radical (unpaired) electrons. The normalized spacial score (nSPS) is 20.6. The Balaban J connectivity index is 1.63. The van der Waals surface area contributed by atoms with Crippen molar-refractivity contribution in [2.75, 3.05) is 0 Å². The largest absolute Gasteiger partial charge is 0.348 e. The summed E-state index contributed by atoms with van der Waals surface area (Å²) in [6, 6.07) is 3.87.